The van der Waals surface area contributed by atoms with Gasteiger partial charge in [0, 0.05) is 15.1 Å². The van der Waals surface area contributed by atoms with Gasteiger partial charge in [-0.1, -0.05) is 41.4 Å². The summed E-state index contributed by atoms with van der Waals surface area (Å²) >= 11 is 13.8. The van der Waals surface area contributed by atoms with Gasteiger partial charge in [0.2, 0.25) is 0 Å². The van der Waals surface area contributed by atoms with Crippen LogP contribution in [0.3, 0.4) is 0 Å². The third-order valence-corrected chi connectivity index (χ3v) is 4.57. The smallest absolute Gasteiger partial charge is 0.143 e. The van der Waals surface area contributed by atoms with Crippen LogP contribution in [-0.4, -0.2) is 9.97 Å². The highest BCUT2D eigenvalue weighted by Gasteiger charge is 2.11. The molecule has 2 aromatic carbocycles. The van der Waals surface area contributed by atoms with Gasteiger partial charge in [-0.05, 0) is 18.2 Å². The zero-order valence-corrected chi connectivity index (χ0v) is 11.9. The Morgan fingerprint density at radius 2 is 1.79 bits per heavy atom. The van der Waals surface area contributed by atoms with E-state index < -0.39 is 0 Å². The molecule has 0 atom stereocenters. The monoisotopic (exact) mass is 304 g/mol. The largest absolute Gasteiger partial charge is 0.241 e. The summed E-state index contributed by atoms with van der Waals surface area (Å²) in [4.78, 5) is 10.2. The maximum atomic E-state index is 6.20. The van der Waals surface area contributed by atoms with Gasteiger partial charge in [0.05, 0.1) is 10.5 Å². The molecule has 0 unspecified atom stereocenters. The molecule has 2 heterocycles. The number of aromatic nitrogens is 2. The zero-order valence-electron chi connectivity index (χ0n) is 9.52. The predicted molar refractivity (Wildman–Crippen MR) is 82.4 cm³/mol. The Labute approximate surface area is 122 Å². The molecule has 19 heavy (non-hydrogen) atoms. The Hall–Kier alpha value is -1.42. The lowest BCUT2D eigenvalue weighted by molar-refractivity contribution is 1.43. The summed E-state index contributed by atoms with van der Waals surface area (Å²) in [6, 6.07) is 11.6. The summed E-state index contributed by atoms with van der Waals surface area (Å²) in [6.07, 6.45) is 0. The Morgan fingerprint density at radius 1 is 0.947 bits per heavy atom. The number of hydrogen-bond donors (Lipinski definition) is 0. The van der Waals surface area contributed by atoms with Crippen LogP contribution in [0.4, 0.5) is 0 Å². The fourth-order valence-corrected chi connectivity index (χ4v) is 3.72. The minimum absolute atomic E-state index is 0.534. The molecule has 0 N–H and O–H groups in total. The van der Waals surface area contributed by atoms with E-state index in [1.807, 2.05) is 12.1 Å². The normalized spacial score (nSPS) is 11.7. The lowest BCUT2D eigenvalue weighted by Gasteiger charge is -2.00. The van der Waals surface area contributed by atoms with Crippen LogP contribution in [0.15, 0.2) is 36.4 Å². The van der Waals surface area contributed by atoms with Crippen LogP contribution in [-0.2, 0) is 0 Å². The molecule has 2 aromatic heterocycles. The number of fused-ring (bicyclic) bond motifs is 4. The van der Waals surface area contributed by atoms with Gasteiger partial charge in [-0.2, -0.15) is 0 Å². The molecule has 0 saturated carbocycles. The van der Waals surface area contributed by atoms with Crippen molar-refractivity contribution in [2.24, 2.45) is 0 Å². The Bertz CT molecular complexity index is 946. The van der Waals surface area contributed by atoms with E-state index in [-0.39, 0.29) is 0 Å². The Morgan fingerprint density at radius 3 is 2.68 bits per heavy atom. The van der Waals surface area contributed by atoms with E-state index in [0.717, 1.165) is 21.3 Å². The van der Waals surface area contributed by atoms with Crippen LogP contribution in [0.5, 0.6) is 0 Å². The first kappa shape index (κ1) is 11.4. The van der Waals surface area contributed by atoms with E-state index in [9.17, 15) is 0 Å². The SMILES string of the molecule is Clc1cc(Cl)c2nc3c(nc2c1)sc1ccccc13. The molecule has 4 aromatic rings. The fourth-order valence-electron chi connectivity index (χ4n) is 2.17. The third-order valence-electron chi connectivity index (χ3n) is 3.01. The minimum Gasteiger partial charge on any atom is -0.241 e. The quantitative estimate of drug-likeness (QED) is 0.440. The van der Waals surface area contributed by atoms with Gasteiger partial charge in [-0.25, -0.2) is 9.97 Å². The van der Waals surface area contributed by atoms with E-state index in [4.69, 9.17) is 23.2 Å². The Kier molecular flexibility index (Phi) is 2.42. The van der Waals surface area contributed by atoms with Crippen LogP contribution in [0.1, 0.15) is 0 Å². The van der Waals surface area contributed by atoms with E-state index >= 15 is 0 Å². The van der Waals surface area contributed by atoms with Crippen molar-refractivity contribution in [2.45, 2.75) is 0 Å². The summed E-state index contributed by atoms with van der Waals surface area (Å²) < 4.78 is 1.18. The van der Waals surface area contributed by atoms with Crippen molar-refractivity contribution in [1.82, 2.24) is 9.97 Å². The molecule has 0 spiro atoms. The molecule has 2 nitrogen and oxygen atoms in total. The van der Waals surface area contributed by atoms with Crippen molar-refractivity contribution in [1.29, 1.82) is 0 Å². The van der Waals surface area contributed by atoms with Crippen molar-refractivity contribution in [3.8, 4) is 0 Å². The zero-order chi connectivity index (χ0) is 13.0. The van der Waals surface area contributed by atoms with Gasteiger partial charge < -0.3 is 0 Å². The van der Waals surface area contributed by atoms with Crippen molar-refractivity contribution in [3.63, 3.8) is 0 Å². The Balaban J connectivity index is 2.25. The van der Waals surface area contributed by atoms with E-state index in [0.29, 0.717) is 15.6 Å². The molecule has 5 heteroatoms. The van der Waals surface area contributed by atoms with E-state index in [1.165, 1.54) is 4.70 Å². The van der Waals surface area contributed by atoms with Crippen LogP contribution >= 0.6 is 34.5 Å². The average Bonchev–Trinajstić information content (AvgIpc) is 2.74. The first-order valence-electron chi connectivity index (χ1n) is 5.66. The van der Waals surface area contributed by atoms with Crippen molar-refractivity contribution < 1.29 is 0 Å². The van der Waals surface area contributed by atoms with Gasteiger partial charge >= 0.3 is 0 Å². The lowest BCUT2D eigenvalue weighted by Crippen LogP contribution is -1.85. The first-order chi connectivity index (χ1) is 9.22. The van der Waals surface area contributed by atoms with E-state index in [2.05, 4.69) is 22.1 Å². The van der Waals surface area contributed by atoms with Crippen LogP contribution in [0.25, 0.3) is 31.5 Å². The molecule has 0 radical (unpaired) electrons. The maximum absolute atomic E-state index is 6.20. The fraction of sp³-hybridized carbons (Fsp3) is 0. The first-order valence-corrected chi connectivity index (χ1v) is 7.24. The van der Waals surface area contributed by atoms with Gasteiger partial charge in [-0.3, -0.25) is 0 Å². The van der Waals surface area contributed by atoms with Gasteiger partial charge in [0.15, 0.2) is 0 Å². The van der Waals surface area contributed by atoms with Crippen LogP contribution in [0.2, 0.25) is 10.0 Å². The molecular formula is C14H6Cl2N2S. The molecule has 0 bridgehead atoms. The van der Waals surface area contributed by atoms with E-state index in [1.54, 1.807) is 23.5 Å². The van der Waals surface area contributed by atoms with Crippen molar-refractivity contribution in [3.05, 3.63) is 46.4 Å². The second-order valence-electron chi connectivity index (χ2n) is 4.23. The molecule has 4 rings (SSSR count). The average molecular weight is 305 g/mol. The summed E-state index contributed by atoms with van der Waals surface area (Å²) in [5.41, 5.74) is 2.33. The van der Waals surface area contributed by atoms with Crippen LogP contribution in [0, 0.1) is 0 Å². The highest BCUT2D eigenvalue weighted by molar-refractivity contribution is 7.25. The third kappa shape index (κ3) is 1.70. The molecule has 0 saturated heterocycles. The standard InChI is InChI=1S/C14H6Cl2N2S/c15-7-5-9(16)13-10(6-7)17-14-12(18-13)8-3-1-2-4-11(8)19-14/h1-6H. The van der Waals surface area contributed by atoms with Gasteiger partial charge in [-0.15, -0.1) is 11.3 Å². The molecule has 0 aliphatic rings. The molecule has 0 fully saturated rings. The highest BCUT2D eigenvalue weighted by atomic mass is 35.5. The maximum Gasteiger partial charge on any atom is 0.143 e. The second-order valence-corrected chi connectivity index (χ2v) is 6.11. The molecule has 92 valence electrons. The van der Waals surface area contributed by atoms with Crippen LogP contribution < -0.4 is 0 Å². The number of nitrogens with zero attached hydrogens (tertiary/aromatic N) is 2. The number of thiophene rings is 1. The lowest BCUT2D eigenvalue weighted by atomic mass is 10.2. The molecule has 0 amide bonds. The summed E-state index contributed by atoms with van der Waals surface area (Å²) in [5, 5.41) is 2.22. The van der Waals surface area contributed by atoms with Crippen molar-refractivity contribution >= 4 is 66.0 Å². The highest BCUT2D eigenvalue weighted by Crippen LogP contribution is 2.34. The second kappa shape index (κ2) is 4.04. The van der Waals surface area contributed by atoms with Gasteiger partial charge in [0.25, 0.3) is 0 Å². The summed E-state index contributed by atoms with van der Waals surface area (Å²) in [7, 11) is 0. The topological polar surface area (TPSA) is 25.8 Å². The number of rotatable bonds is 0. The number of benzene rings is 2. The number of hydrogen-bond acceptors (Lipinski definition) is 3. The number of halogens is 2. The molecule has 0 aliphatic heterocycles. The summed E-state index contributed by atoms with van der Waals surface area (Å²) in [6.45, 7) is 0. The predicted octanol–water partition coefficient (Wildman–Crippen LogP) is 5.30. The summed E-state index contributed by atoms with van der Waals surface area (Å²) in [5.74, 6) is 0. The minimum atomic E-state index is 0.534. The van der Waals surface area contributed by atoms with Crippen molar-refractivity contribution in [2.75, 3.05) is 0 Å². The molecule has 0 aliphatic carbocycles. The molecular weight excluding hydrogens is 299 g/mol. The van der Waals surface area contributed by atoms with Gasteiger partial charge in [0.1, 0.15) is 15.9 Å².